The van der Waals surface area contributed by atoms with Crippen molar-refractivity contribution in [3.8, 4) is 11.1 Å². The summed E-state index contributed by atoms with van der Waals surface area (Å²) in [5, 5.41) is 0. The number of carbonyl (C=O) groups excluding carboxylic acids is 1. The number of nitrogens with one attached hydrogen (secondary N) is 1. The summed E-state index contributed by atoms with van der Waals surface area (Å²) < 4.78 is 5.67. The number of aromatic nitrogens is 2. The fraction of sp³-hybridized carbons (Fsp3) is 0.214. The highest BCUT2D eigenvalue weighted by atomic mass is 16.5. The largest absolute Gasteiger partial charge is 0.367 e. The van der Waals surface area contributed by atoms with E-state index in [1.807, 2.05) is 59.6 Å². The third-order valence-electron chi connectivity index (χ3n) is 6.32. The number of nitrogens with zero attached hydrogens (tertiary/aromatic N) is 3. The van der Waals surface area contributed by atoms with Gasteiger partial charge in [-0.15, -0.1) is 0 Å². The van der Waals surface area contributed by atoms with Crippen molar-refractivity contribution in [2.75, 3.05) is 25.1 Å². The van der Waals surface area contributed by atoms with E-state index in [2.05, 4.69) is 45.2 Å². The maximum Gasteiger partial charge on any atom is 0.256 e. The minimum atomic E-state index is -0.624. The van der Waals surface area contributed by atoms with Crippen LogP contribution in [0, 0.1) is 0 Å². The number of H-pyrrole nitrogens is 1. The first-order valence-electron chi connectivity index (χ1n) is 11.5. The van der Waals surface area contributed by atoms with Gasteiger partial charge in [-0.05, 0) is 34.4 Å². The Balaban J connectivity index is 1.49. The van der Waals surface area contributed by atoms with Crippen LogP contribution in [-0.4, -0.2) is 41.0 Å². The van der Waals surface area contributed by atoms with Crippen molar-refractivity contribution in [2.45, 2.75) is 19.2 Å². The van der Waals surface area contributed by atoms with Crippen molar-refractivity contribution in [3.05, 3.63) is 108 Å². The molecule has 0 radical (unpaired) electrons. The Morgan fingerprint density at radius 3 is 2.47 bits per heavy atom. The van der Waals surface area contributed by atoms with Crippen molar-refractivity contribution in [1.29, 1.82) is 0 Å². The third kappa shape index (κ3) is 4.58. The second-order valence-corrected chi connectivity index (χ2v) is 8.49. The van der Waals surface area contributed by atoms with Gasteiger partial charge in [0.2, 0.25) is 0 Å². The number of fused-ring (bicyclic) bond motifs is 1. The molecule has 0 spiro atoms. The van der Waals surface area contributed by atoms with Crippen molar-refractivity contribution in [3.63, 3.8) is 0 Å². The standard InChI is InChI=1S/C28H28N4O2/c1-34-27(22-10-6-3-7-11-22)28(33)32-15-14-31(19-25-17-29-20-30-25)26-13-12-23(16-24(26)18-32)21-8-4-2-5-9-21/h2-13,16-17,20,27H,14-15,18-19H2,1H3,(H,29,30). The maximum atomic E-state index is 13.6. The van der Waals surface area contributed by atoms with Gasteiger partial charge in [-0.2, -0.15) is 0 Å². The lowest BCUT2D eigenvalue weighted by molar-refractivity contribution is -0.142. The Morgan fingerprint density at radius 1 is 1.00 bits per heavy atom. The molecule has 1 aliphatic rings. The summed E-state index contributed by atoms with van der Waals surface area (Å²) in [6.45, 7) is 2.55. The predicted octanol–water partition coefficient (Wildman–Crippen LogP) is 4.81. The van der Waals surface area contributed by atoms with Crippen LogP contribution in [0.5, 0.6) is 0 Å². The van der Waals surface area contributed by atoms with Gasteiger partial charge in [0.15, 0.2) is 6.10 Å². The Hall–Kier alpha value is -3.90. The number of benzene rings is 3. The van der Waals surface area contributed by atoms with Gasteiger partial charge < -0.3 is 19.5 Å². The van der Waals surface area contributed by atoms with E-state index in [1.54, 1.807) is 13.4 Å². The molecule has 1 N–H and O–H groups in total. The molecule has 172 valence electrons. The zero-order valence-electron chi connectivity index (χ0n) is 19.2. The molecule has 6 nitrogen and oxygen atoms in total. The van der Waals surface area contributed by atoms with E-state index < -0.39 is 6.10 Å². The lowest BCUT2D eigenvalue weighted by Gasteiger charge is -2.26. The van der Waals surface area contributed by atoms with Crippen LogP contribution in [0.3, 0.4) is 0 Å². The second kappa shape index (κ2) is 9.93. The minimum Gasteiger partial charge on any atom is -0.367 e. The molecule has 0 aliphatic carbocycles. The molecule has 1 unspecified atom stereocenters. The van der Waals surface area contributed by atoms with Gasteiger partial charge in [0.1, 0.15) is 0 Å². The van der Waals surface area contributed by atoms with Crippen LogP contribution in [0.25, 0.3) is 11.1 Å². The van der Waals surface area contributed by atoms with E-state index in [1.165, 1.54) is 0 Å². The van der Waals surface area contributed by atoms with Crippen molar-refractivity contribution in [1.82, 2.24) is 14.9 Å². The van der Waals surface area contributed by atoms with Gasteiger partial charge in [0.25, 0.3) is 5.91 Å². The van der Waals surface area contributed by atoms with Crippen LogP contribution < -0.4 is 4.90 Å². The molecule has 4 aromatic rings. The van der Waals surface area contributed by atoms with Crippen LogP contribution >= 0.6 is 0 Å². The zero-order valence-corrected chi connectivity index (χ0v) is 19.2. The van der Waals surface area contributed by atoms with Gasteiger partial charge in [-0.25, -0.2) is 4.98 Å². The van der Waals surface area contributed by atoms with Crippen LogP contribution in [0.2, 0.25) is 0 Å². The van der Waals surface area contributed by atoms with Gasteiger partial charge in [0.05, 0.1) is 18.6 Å². The quantitative estimate of drug-likeness (QED) is 0.456. The Morgan fingerprint density at radius 2 is 1.76 bits per heavy atom. The van der Waals surface area contributed by atoms with E-state index in [0.717, 1.165) is 33.6 Å². The highest BCUT2D eigenvalue weighted by molar-refractivity contribution is 5.83. The lowest BCUT2D eigenvalue weighted by atomic mass is 10.0. The molecule has 0 saturated heterocycles. The zero-order chi connectivity index (χ0) is 23.3. The maximum absolute atomic E-state index is 13.6. The summed E-state index contributed by atoms with van der Waals surface area (Å²) in [5.41, 5.74) is 6.46. The highest BCUT2D eigenvalue weighted by Gasteiger charge is 2.29. The molecule has 2 heterocycles. The molecular weight excluding hydrogens is 424 g/mol. The molecule has 1 aromatic heterocycles. The van der Waals surface area contributed by atoms with E-state index in [4.69, 9.17) is 4.74 Å². The molecule has 1 aliphatic heterocycles. The summed E-state index contributed by atoms with van der Waals surface area (Å²) in [4.78, 5) is 25.2. The Kier molecular flexibility index (Phi) is 6.40. The van der Waals surface area contributed by atoms with Crippen LogP contribution in [-0.2, 0) is 22.6 Å². The fourth-order valence-electron chi connectivity index (χ4n) is 4.58. The first-order valence-corrected chi connectivity index (χ1v) is 11.5. The number of aromatic amines is 1. The van der Waals surface area contributed by atoms with Crippen LogP contribution in [0.15, 0.2) is 91.4 Å². The lowest BCUT2D eigenvalue weighted by Crippen LogP contribution is -2.38. The van der Waals surface area contributed by atoms with Crippen molar-refractivity contribution >= 4 is 11.6 Å². The predicted molar refractivity (Wildman–Crippen MR) is 133 cm³/mol. The minimum absolute atomic E-state index is 0.0202. The first-order chi connectivity index (χ1) is 16.7. The van der Waals surface area contributed by atoms with Gasteiger partial charge in [0, 0.05) is 38.6 Å². The number of rotatable bonds is 6. The number of anilines is 1. The summed E-state index contributed by atoms with van der Waals surface area (Å²) >= 11 is 0. The summed E-state index contributed by atoms with van der Waals surface area (Å²) in [6, 6.07) is 26.6. The van der Waals surface area contributed by atoms with E-state index in [-0.39, 0.29) is 5.91 Å². The monoisotopic (exact) mass is 452 g/mol. The molecule has 0 saturated carbocycles. The van der Waals surface area contributed by atoms with E-state index >= 15 is 0 Å². The molecule has 0 bridgehead atoms. The number of imidazole rings is 1. The molecule has 1 atom stereocenters. The number of hydrogen-bond donors (Lipinski definition) is 1. The summed E-state index contributed by atoms with van der Waals surface area (Å²) in [5.74, 6) is -0.0202. The number of carbonyl (C=O) groups is 1. The molecule has 34 heavy (non-hydrogen) atoms. The van der Waals surface area contributed by atoms with E-state index in [0.29, 0.717) is 26.2 Å². The third-order valence-corrected chi connectivity index (χ3v) is 6.32. The molecule has 3 aromatic carbocycles. The van der Waals surface area contributed by atoms with Crippen LogP contribution in [0.4, 0.5) is 5.69 Å². The van der Waals surface area contributed by atoms with Crippen molar-refractivity contribution in [2.24, 2.45) is 0 Å². The molecule has 6 heteroatoms. The molecular formula is C28H28N4O2. The number of methoxy groups -OCH3 is 1. The normalized spacial score (nSPS) is 14.4. The Bertz CT molecular complexity index is 1230. The summed E-state index contributed by atoms with van der Waals surface area (Å²) in [6.07, 6.45) is 2.93. The van der Waals surface area contributed by atoms with E-state index in [9.17, 15) is 4.79 Å². The van der Waals surface area contributed by atoms with Crippen molar-refractivity contribution < 1.29 is 9.53 Å². The number of hydrogen-bond acceptors (Lipinski definition) is 4. The first kappa shape index (κ1) is 21.9. The molecule has 1 amide bonds. The topological polar surface area (TPSA) is 61.5 Å². The van der Waals surface area contributed by atoms with Gasteiger partial charge >= 0.3 is 0 Å². The average molecular weight is 453 g/mol. The average Bonchev–Trinajstić information content (AvgIpc) is 3.33. The number of amides is 1. The summed E-state index contributed by atoms with van der Waals surface area (Å²) in [7, 11) is 1.60. The molecule has 5 rings (SSSR count). The van der Waals surface area contributed by atoms with Crippen LogP contribution in [0.1, 0.15) is 22.9 Å². The fourth-order valence-corrected chi connectivity index (χ4v) is 4.58. The van der Waals surface area contributed by atoms with Gasteiger partial charge in [-0.1, -0.05) is 66.7 Å². The smallest absolute Gasteiger partial charge is 0.256 e. The number of ether oxygens (including phenoxy) is 1. The SMILES string of the molecule is COC(C(=O)N1CCN(Cc2cnc[nH]2)c2ccc(-c3ccccc3)cc2C1)c1ccccc1. The van der Waals surface area contributed by atoms with Gasteiger partial charge in [-0.3, -0.25) is 4.79 Å². The second-order valence-electron chi connectivity index (χ2n) is 8.49. The highest BCUT2D eigenvalue weighted by Crippen LogP contribution is 2.32. The Labute approximate surface area is 199 Å². The molecule has 0 fully saturated rings.